The molecule has 1 atom stereocenters. The molecule has 1 fully saturated rings. The van der Waals surface area contributed by atoms with Gasteiger partial charge in [0.15, 0.2) is 11.6 Å². The summed E-state index contributed by atoms with van der Waals surface area (Å²) in [5, 5.41) is 21.8. The number of aromatic hydroxyl groups is 2. The molecule has 4 heteroatoms. The fourth-order valence-electron chi connectivity index (χ4n) is 1.81. The number of phenols is 2. The van der Waals surface area contributed by atoms with Crippen molar-refractivity contribution in [2.75, 3.05) is 13.1 Å². The summed E-state index contributed by atoms with van der Waals surface area (Å²) in [7, 11) is 0. The smallest absolute Gasteiger partial charge is 0.168 e. The van der Waals surface area contributed by atoms with Gasteiger partial charge >= 0.3 is 0 Å². The molecule has 3 N–H and O–H groups in total. The third-order valence-corrected chi connectivity index (χ3v) is 2.60. The minimum atomic E-state index is -0.780. The maximum absolute atomic E-state index is 12.8. The molecular formula is C10H12FNO2. The Morgan fingerprint density at radius 2 is 2.07 bits per heavy atom. The van der Waals surface area contributed by atoms with Crippen LogP contribution in [0.1, 0.15) is 17.9 Å². The van der Waals surface area contributed by atoms with Crippen LogP contribution in [0, 0.1) is 5.82 Å². The molecule has 1 saturated heterocycles. The van der Waals surface area contributed by atoms with Gasteiger partial charge in [-0.3, -0.25) is 0 Å². The number of nitrogens with one attached hydrogen (secondary N) is 1. The predicted octanol–water partition coefficient (Wildman–Crippen LogP) is 1.31. The van der Waals surface area contributed by atoms with E-state index in [1.807, 2.05) is 0 Å². The maximum atomic E-state index is 12.8. The van der Waals surface area contributed by atoms with Crippen molar-refractivity contribution in [3.63, 3.8) is 0 Å². The lowest BCUT2D eigenvalue weighted by Gasteiger charge is -2.11. The number of hydrogen-bond donors (Lipinski definition) is 3. The van der Waals surface area contributed by atoms with Crippen molar-refractivity contribution in [2.45, 2.75) is 12.3 Å². The number of hydrogen-bond acceptors (Lipinski definition) is 3. The number of halogens is 1. The van der Waals surface area contributed by atoms with Gasteiger partial charge in [0, 0.05) is 24.1 Å². The van der Waals surface area contributed by atoms with E-state index in [0.717, 1.165) is 25.6 Å². The van der Waals surface area contributed by atoms with E-state index in [-0.39, 0.29) is 11.7 Å². The molecule has 3 nitrogen and oxygen atoms in total. The average Bonchev–Trinajstić information content (AvgIpc) is 2.64. The second-order valence-corrected chi connectivity index (χ2v) is 3.55. The highest BCUT2D eigenvalue weighted by molar-refractivity contribution is 5.42. The van der Waals surface area contributed by atoms with Gasteiger partial charge in [-0.05, 0) is 19.0 Å². The minimum absolute atomic E-state index is 0.0750. The molecule has 1 aliphatic heterocycles. The van der Waals surface area contributed by atoms with Crippen LogP contribution in [0.3, 0.4) is 0 Å². The molecule has 0 radical (unpaired) electrons. The first-order valence-electron chi connectivity index (χ1n) is 4.60. The van der Waals surface area contributed by atoms with E-state index in [1.165, 1.54) is 6.07 Å². The van der Waals surface area contributed by atoms with Gasteiger partial charge in [-0.1, -0.05) is 0 Å². The van der Waals surface area contributed by atoms with Gasteiger partial charge in [-0.2, -0.15) is 0 Å². The normalized spacial score (nSPS) is 21.4. The molecule has 2 rings (SSSR count). The molecule has 0 aliphatic carbocycles. The van der Waals surface area contributed by atoms with Crippen molar-refractivity contribution < 1.29 is 14.6 Å². The van der Waals surface area contributed by atoms with Gasteiger partial charge in [-0.15, -0.1) is 0 Å². The highest BCUT2D eigenvalue weighted by Crippen LogP contribution is 2.34. The van der Waals surface area contributed by atoms with Gasteiger partial charge in [-0.25, -0.2) is 4.39 Å². The van der Waals surface area contributed by atoms with Crippen molar-refractivity contribution in [1.29, 1.82) is 0 Å². The lowest BCUT2D eigenvalue weighted by Crippen LogP contribution is -2.08. The number of benzene rings is 1. The molecular weight excluding hydrogens is 185 g/mol. The molecule has 0 amide bonds. The largest absolute Gasteiger partial charge is 0.508 e. The van der Waals surface area contributed by atoms with Gasteiger partial charge < -0.3 is 15.5 Å². The monoisotopic (exact) mass is 197 g/mol. The van der Waals surface area contributed by atoms with Crippen molar-refractivity contribution in [2.24, 2.45) is 0 Å². The van der Waals surface area contributed by atoms with Crippen molar-refractivity contribution in [3.8, 4) is 11.5 Å². The fraction of sp³-hybridized carbons (Fsp3) is 0.400. The zero-order valence-corrected chi connectivity index (χ0v) is 7.63. The molecule has 1 heterocycles. The van der Waals surface area contributed by atoms with Crippen LogP contribution < -0.4 is 5.32 Å². The number of rotatable bonds is 1. The van der Waals surface area contributed by atoms with Crippen LogP contribution in [0.25, 0.3) is 0 Å². The molecule has 76 valence electrons. The van der Waals surface area contributed by atoms with Crippen LogP contribution in [-0.2, 0) is 0 Å². The average molecular weight is 197 g/mol. The predicted molar refractivity (Wildman–Crippen MR) is 50.0 cm³/mol. The Balaban J connectivity index is 2.37. The quantitative estimate of drug-likeness (QED) is 0.595. The molecule has 1 aliphatic rings. The van der Waals surface area contributed by atoms with Crippen LogP contribution in [0.5, 0.6) is 11.5 Å². The summed E-state index contributed by atoms with van der Waals surface area (Å²) in [4.78, 5) is 0. The van der Waals surface area contributed by atoms with Gasteiger partial charge in [0.2, 0.25) is 0 Å². The third kappa shape index (κ3) is 1.53. The highest BCUT2D eigenvalue weighted by atomic mass is 19.1. The minimum Gasteiger partial charge on any atom is -0.508 e. The lowest BCUT2D eigenvalue weighted by atomic mass is 9.97. The van der Waals surface area contributed by atoms with E-state index in [1.54, 1.807) is 0 Å². The van der Waals surface area contributed by atoms with E-state index < -0.39 is 11.6 Å². The Kier molecular flexibility index (Phi) is 2.29. The van der Waals surface area contributed by atoms with E-state index in [2.05, 4.69) is 5.32 Å². The first kappa shape index (κ1) is 9.27. The summed E-state index contributed by atoms with van der Waals surface area (Å²) in [6.45, 7) is 1.65. The Hall–Kier alpha value is -1.29. The van der Waals surface area contributed by atoms with E-state index in [4.69, 9.17) is 0 Å². The Morgan fingerprint density at radius 1 is 1.29 bits per heavy atom. The Morgan fingerprint density at radius 3 is 2.71 bits per heavy atom. The SMILES string of the molecule is Oc1cc(C2CCNC2)c(O)cc1F. The summed E-state index contributed by atoms with van der Waals surface area (Å²) in [5.74, 6) is -1.09. The van der Waals surface area contributed by atoms with Crippen molar-refractivity contribution in [1.82, 2.24) is 5.32 Å². The van der Waals surface area contributed by atoms with Crippen LogP contribution in [0.15, 0.2) is 12.1 Å². The maximum Gasteiger partial charge on any atom is 0.168 e. The van der Waals surface area contributed by atoms with Gasteiger partial charge in [0.05, 0.1) is 0 Å². The summed E-state index contributed by atoms with van der Waals surface area (Å²) >= 11 is 0. The third-order valence-electron chi connectivity index (χ3n) is 2.60. The van der Waals surface area contributed by atoms with Crippen LogP contribution in [0.4, 0.5) is 4.39 Å². The summed E-state index contributed by atoms with van der Waals surface area (Å²) in [5.41, 5.74) is 0.619. The zero-order chi connectivity index (χ0) is 10.1. The molecule has 0 spiro atoms. The summed E-state index contributed by atoms with van der Waals surface area (Å²) in [6, 6.07) is 2.27. The summed E-state index contributed by atoms with van der Waals surface area (Å²) < 4.78 is 12.8. The molecule has 1 aromatic rings. The van der Waals surface area contributed by atoms with E-state index in [0.29, 0.717) is 5.56 Å². The number of phenolic OH excluding ortho intramolecular Hbond substituents is 2. The van der Waals surface area contributed by atoms with Crippen molar-refractivity contribution >= 4 is 0 Å². The van der Waals surface area contributed by atoms with Crippen LogP contribution >= 0.6 is 0 Å². The van der Waals surface area contributed by atoms with E-state index >= 15 is 0 Å². The first-order valence-corrected chi connectivity index (χ1v) is 4.60. The molecule has 0 saturated carbocycles. The summed E-state index contributed by atoms with van der Waals surface area (Å²) in [6.07, 6.45) is 0.901. The fourth-order valence-corrected chi connectivity index (χ4v) is 1.81. The van der Waals surface area contributed by atoms with Crippen LogP contribution in [0.2, 0.25) is 0 Å². The molecule has 14 heavy (non-hydrogen) atoms. The Bertz CT molecular complexity index is 348. The standard InChI is InChI=1S/C10H12FNO2/c11-8-4-9(13)7(3-10(8)14)6-1-2-12-5-6/h3-4,6,12-14H,1-2,5H2. The first-order chi connectivity index (χ1) is 6.68. The molecule has 0 aromatic heterocycles. The molecule has 1 unspecified atom stereocenters. The zero-order valence-electron chi connectivity index (χ0n) is 7.63. The molecule has 1 aromatic carbocycles. The van der Waals surface area contributed by atoms with Crippen LogP contribution in [-0.4, -0.2) is 23.3 Å². The Labute approximate surface area is 81.2 Å². The topological polar surface area (TPSA) is 52.5 Å². The second kappa shape index (κ2) is 3.46. The second-order valence-electron chi connectivity index (χ2n) is 3.55. The van der Waals surface area contributed by atoms with Gasteiger partial charge in [0.25, 0.3) is 0 Å². The van der Waals surface area contributed by atoms with Crippen molar-refractivity contribution in [3.05, 3.63) is 23.5 Å². The molecule has 0 bridgehead atoms. The highest BCUT2D eigenvalue weighted by Gasteiger charge is 2.21. The lowest BCUT2D eigenvalue weighted by molar-refractivity contribution is 0.415. The van der Waals surface area contributed by atoms with Gasteiger partial charge in [0.1, 0.15) is 5.75 Å². The van der Waals surface area contributed by atoms with E-state index in [9.17, 15) is 14.6 Å².